The maximum atomic E-state index is 4.89. The number of pyridine rings is 1. The summed E-state index contributed by atoms with van der Waals surface area (Å²) in [5, 5.41) is 8.09. The van der Waals surface area contributed by atoms with Gasteiger partial charge in [-0.1, -0.05) is 19.3 Å². The van der Waals surface area contributed by atoms with E-state index in [0.29, 0.717) is 6.04 Å². The van der Waals surface area contributed by atoms with Crippen molar-refractivity contribution in [1.29, 1.82) is 0 Å². The Kier molecular flexibility index (Phi) is 3.62. The van der Waals surface area contributed by atoms with Crippen molar-refractivity contribution in [2.24, 2.45) is 0 Å². The average molecular weight is 311 g/mol. The van der Waals surface area contributed by atoms with E-state index >= 15 is 0 Å². The van der Waals surface area contributed by atoms with Gasteiger partial charge in [0, 0.05) is 23.2 Å². The van der Waals surface area contributed by atoms with Crippen molar-refractivity contribution < 1.29 is 0 Å². The van der Waals surface area contributed by atoms with Gasteiger partial charge in [0.15, 0.2) is 0 Å². The van der Waals surface area contributed by atoms with Crippen molar-refractivity contribution in [1.82, 2.24) is 9.38 Å². The van der Waals surface area contributed by atoms with Crippen LogP contribution in [0.1, 0.15) is 37.7 Å². The van der Waals surface area contributed by atoms with Gasteiger partial charge in [0.2, 0.25) is 0 Å². The summed E-state index contributed by atoms with van der Waals surface area (Å²) < 4.78 is 2.20. The smallest absolute Gasteiger partial charge is 0.139 e. The number of rotatable bonds is 3. The lowest BCUT2D eigenvalue weighted by atomic mass is 9.95. The van der Waals surface area contributed by atoms with Crippen LogP contribution >= 0.6 is 11.3 Å². The summed E-state index contributed by atoms with van der Waals surface area (Å²) in [4.78, 5) is 4.89. The van der Waals surface area contributed by atoms with Gasteiger partial charge in [-0.2, -0.15) is 11.3 Å². The quantitative estimate of drug-likeness (QED) is 0.728. The fourth-order valence-corrected chi connectivity index (χ4v) is 3.97. The fraction of sp³-hybridized carbons (Fsp3) is 0.389. The Hall–Kier alpha value is -1.81. The first-order chi connectivity index (χ1) is 10.8. The minimum atomic E-state index is 0.576. The molecule has 0 bridgehead atoms. The first-order valence-corrected chi connectivity index (χ1v) is 9.03. The van der Waals surface area contributed by atoms with Crippen LogP contribution in [0.4, 0.5) is 5.82 Å². The zero-order valence-corrected chi connectivity index (χ0v) is 13.7. The summed E-state index contributed by atoms with van der Waals surface area (Å²) in [5.74, 6) is 1.15. The van der Waals surface area contributed by atoms with Crippen LogP contribution in [0.5, 0.6) is 0 Å². The molecule has 3 nitrogen and oxygen atoms in total. The molecule has 114 valence electrons. The Morgan fingerprint density at radius 2 is 2.09 bits per heavy atom. The first-order valence-electron chi connectivity index (χ1n) is 8.09. The van der Waals surface area contributed by atoms with Crippen LogP contribution in [0.15, 0.2) is 35.2 Å². The molecule has 3 heterocycles. The van der Waals surface area contributed by atoms with E-state index in [4.69, 9.17) is 4.98 Å². The van der Waals surface area contributed by atoms with Crippen LogP contribution in [0.2, 0.25) is 0 Å². The molecule has 0 amide bonds. The highest BCUT2D eigenvalue weighted by molar-refractivity contribution is 7.08. The lowest BCUT2D eigenvalue weighted by Crippen LogP contribution is -2.23. The Bertz CT molecular complexity index is 767. The number of aromatic nitrogens is 2. The van der Waals surface area contributed by atoms with Crippen molar-refractivity contribution in [2.45, 2.75) is 45.1 Å². The molecule has 3 aromatic heterocycles. The van der Waals surface area contributed by atoms with Crippen LogP contribution in [0.3, 0.4) is 0 Å². The van der Waals surface area contributed by atoms with Crippen molar-refractivity contribution in [2.75, 3.05) is 5.32 Å². The number of nitrogens with one attached hydrogen (secondary N) is 1. The Morgan fingerprint density at radius 1 is 1.23 bits per heavy atom. The zero-order valence-electron chi connectivity index (χ0n) is 12.9. The summed E-state index contributed by atoms with van der Waals surface area (Å²) in [6, 6.07) is 7.04. The number of aryl methyl sites for hydroxylation is 1. The van der Waals surface area contributed by atoms with Gasteiger partial charge in [0.05, 0.1) is 0 Å². The highest BCUT2D eigenvalue weighted by Crippen LogP contribution is 2.32. The normalized spacial score (nSPS) is 16.2. The molecule has 0 unspecified atom stereocenters. The van der Waals surface area contributed by atoms with Crippen LogP contribution in [0, 0.1) is 6.92 Å². The molecule has 0 spiro atoms. The number of fused-ring (bicyclic) bond motifs is 1. The van der Waals surface area contributed by atoms with Crippen LogP contribution in [-0.2, 0) is 0 Å². The number of thiophene rings is 1. The second kappa shape index (κ2) is 5.76. The van der Waals surface area contributed by atoms with Crippen molar-refractivity contribution in [3.8, 4) is 11.3 Å². The SMILES string of the molecule is Cc1ccn2c(NC3CCCCC3)c(-c3ccsc3)nc2c1. The highest BCUT2D eigenvalue weighted by Gasteiger charge is 2.19. The first kappa shape index (κ1) is 13.8. The molecule has 1 aliphatic rings. The van der Waals surface area contributed by atoms with Gasteiger partial charge in [-0.05, 0) is 48.9 Å². The lowest BCUT2D eigenvalue weighted by Gasteiger charge is -2.24. The molecule has 3 aromatic rings. The number of nitrogens with zero attached hydrogens (tertiary/aromatic N) is 2. The van der Waals surface area contributed by atoms with E-state index < -0.39 is 0 Å². The molecule has 4 rings (SSSR count). The molecule has 0 aliphatic heterocycles. The summed E-state index contributed by atoms with van der Waals surface area (Å²) in [5.41, 5.74) is 4.57. The van der Waals surface area contributed by atoms with E-state index in [9.17, 15) is 0 Å². The largest absolute Gasteiger partial charge is 0.367 e. The summed E-state index contributed by atoms with van der Waals surface area (Å²) in [7, 11) is 0. The third-order valence-corrected chi connectivity index (χ3v) is 5.21. The van der Waals surface area contributed by atoms with Gasteiger partial charge in [0.25, 0.3) is 0 Å². The Labute approximate surface area is 135 Å². The van der Waals surface area contributed by atoms with E-state index in [0.717, 1.165) is 17.2 Å². The molecule has 0 saturated heterocycles. The van der Waals surface area contributed by atoms with E-state index in [1.54, 1.807) is 11.3 Å². The van der Waals surface area contributed by atoms with Gasteiger partial charge in [0.1, 0.15) is 17.2 Å². The summed E-state index contributed by atoms with van der Waals surface area (Å²) >= 11 is 1.73. The van der Waals surface area contributed by atoms with Crippen LogP contribution in [0.25, 0.3) is 16.9 Å². The average Bonchev–Trinajstić information content (AvgIpc) is 3.16. The van der Waals surface area contributed by atoms with Crippen molar-refractivity contribution in [3.63, 3.8) is 0 Å². The number of anilines is 1. The third-order valence-electron chi connectivity index (χ3n) is 4.52. The molecule has 1 fully saturated rings. The molecular weight excluding hydrogens is 290 g/mol. The molecule has 1 N–H and O–H groups in total. The molecule has 4 heteroatoms. The fourth-order valence-electron chi connectivity index (χ4n) is 3.33. The summed E-state index contributed by atoms with van der Waals surface area (Å²) in [6.07, 6.45) is 8.72. The van der Waals surface area contributed by atoms with E-state index in [1.165, 1.54) is 43.2 Å². The predicted molar refractivity (Wildman–Crippen MR) is 93.7 cm³/mol. The van der Waals surface area contributed by atoms with Gasteiger partial charge in [-0.25, -0.2) is 4.98 Å². The third kappa shape index (κ3) is 2.52. The van der Waals surface area contributed by atoms with Crippen molar-refractivity contribution in [3.05, 3.63) is 40.7 Å². The maximum absolute atomic E-state index is 4.89. The van der Waals surface area contributed by atoms with Gasteiger partial charge < -0.3 is 5.32 Å². The minimum Gasteiger partial charge on any atom is -0.367 e. The van der Waals surface area contributed by atoms with Crippen LogP contribution in [-0.4, -0.2) is 15.4 Å². The molecular formula is C18H21N3S. The number of imidazole rings is 1. The Balaban J connectivity index is 1.80. The van der Waals surface area contributed by atoms with Gasteiger partial charge in [-0.15, -0.1) is 0 Å². The zero-order chi connectivity index (χ0) is 14.9. The van der Waals surface area contributed by atoms with E-state index in [2.05, 4.69) is 51.8 Å². The van der Waals surface area contributed by atoms with Crippen LogP contribution < -0.4 is 5.32 Å². The molecule has 1 aliphatic carbocycles. The van der Waals surface area contributed by atoms with Gasteiger partial charge in [-0.3, -0.25) is 4.40 Å². The van der Waals surface area contributed by atoms with Gasteiger partial charge >= 0.3 is 0 Å². The minimum absolute atomic E-state index is 0.576. The molecule has 0 aromatic carbocycles. The molecule has 1 saturated carbocycles. The second-order valence-electron chi connectivity index (χ2n) is 6.23. The maximum Gasteiger partial charge on any atom is 0.139 e. The van der Waals surface area contributed by atoms with E-state index in [1.807, 2.05) is 0 Å². The number of hydrogen-bond donors (Lipinski definition) is 1. The molecule has 0 radical (unpaired) electrons. The Morgan fingerprint density at radius 3 is 2.86 bits per heavy atom. The number of hydrogen-bond acceptors (Lipinski definition) is 3. The molecule has 0 atom stereocenters. The second-order valence-corrected chi connectivity index (χ2v) is 7.01. The highest BCUT2D eigenvalue weighted by atomic mass is 32.1. The lowest BCUT2D eigenvalue weighted by molar-refractivity contribution is 0.462. The topological polar surface area (TPSA) is 29.3 Å². The standard InChI is InChI=1S/C18H21N3S/c1-13-7-9-21-16(11-13)20-17(14-8-10-22-12-14)18(21)19-15-5-3-2-4-6-15/h7-12,15,19H,2-6H2,1H3. The molecule has 22 heavy (non-hydrogen) atoms. The van der Waals surface area contributed by atoms with Crippen molar-refractivity contribution >= 4 is 22.8 Å². The van der Waals surface area contributed by atoms with E-state index in [-0.39, 0.29) is 0 Å². The predicted octanol–water partition coefficient (Wildman–Crippen LogP) is 5.12. The monoisotopic (exact) mass is 311 g/mol. The summed E-state index contributed by atoms with van der Waals surface area (Å²) in [6.45, 7) is 2.12.